The normalized spacial score (nSPS) is 11.5. The number of para-hydroxylation sites is 1. The zero-order valence-electron chi connectivity index (χ0n) is 16.4. The Labute approximate surface area is 161 Å². The average Bonchev–Trinajstić information content (AvgIpc) is 2.67. The van der Waals surface area contributed by atoms with Crippen molar-refractivity contribution in [3.05, 3.63) is 65.7 Å². The molecule has 0 saturated carbocycles. The molecule has 5 heteroatoms. The van der Waals surface area contributed by atoms with Gasteiger partial charge in [0.05, 0.1) is 6.04 Å². The fraction of sp³-hybridized carbons (Fsp3) is 0.364. The van der Waals surface area contributed by atoms with E-state index in [1.54, 1.807) is 4.90 Å². The molecule has 5 nitrogen and oxygen atoms in total. The Kier molecular flexibility index (Phi) is 7.86. The minimum absolute atomic E-state index is 0.0564. The van der Waals surface area contributed by atoms with E-state index in [0.29, 0.717) is 13.1 Å². The standard InChI is InChI=1S/C22H29N3O2/c1-4-15-25(22(27)24-20-13-9-8-10-17(20)2)16-14-21(26)23-18(3)19-11-6-5-7-12-19/h5-13,18H,4,14-16H2,1-3H3,(H,23,26)(H,24,27). The third-order valence-corrected chi connectivity index (χ3v) is 4.45. The minimum Gasteiger partial charge on any atom is -0.350 e. The van der Waals surface area contributed by atoms with E-state index in [0.717, 1.165) is 23.2 Å². The zero-order chi connectivity index (χ0) is 19.6. The summed E-state index contributed by atoms with van der Waals surface area (Å²) >= 11 is 0. The first kappa shape index (κ1) is 20.5. The smallest absolute Gasteiger partial charge is 0.321 e. The maximum Gasteiger partial charge on any atom is 0.321 e. The number of carbonyl (C=O) groups is 2. The van der Waals surface area contributed by atoms with Gasteiger partial charge in [0.25, 0.3) is 0 Å². The molecule has 1 unspecified atom stereocenters. The van der Waals surface area contributed by atoms with Crippen LogP contribution in [0.1, 0.15) is 43.9 Å². The van der Waals surface area contributed by atoms with Gasteiger partial charge in [-0.2, -0.15) is 0 Å². The van der Waals surface area contributed by atoms with Gasteiger partial charge in [-0.05, 0) is 37.5 Å². The molecular weight excluding hydrogens is 338 g/mol. The molecule has 27 heavy (non-hydrogen) atoms. The quantitative estimate of drug-likeness (QED) is 0.721. The third kappa shape index (κ3) is 6.44. The van der Waals surface area contributed by atoms with E-state index >= 15 is 0 Å². The van der Waals surface area contributed by atoms with Crippen LogP contribution in [0.15, 0.2) is 54.6 Å². The number of rotatable bonds is 8. The van der Waals surface area contributed by atoms with Gasteiger partial charge < -0.3 is 15.5 Å². The van der Waals surface area contributed by atoms with E-state index in [2.05, 4.69) is 10.6 Å². The minimum atomic E-state index is -0.171. The van der Waals surface area contributed by atoms with Crippen molar-refractivity contribution in [1.82, 2.24) is 10.2 Å². The molecule has 0 fully saturated rings. The van der Waals surface area contributed by atoms with Crippen molar-refractivity contribution >= 4 is 17.6 Å². The van der Waals surface area contributed by atoms with Crippen molar-refractivity contribution in [1.29, 1.82) is 0 Å². The van der Waals surface area contributed by atoms with Gasteiger partial charge in [-0.25, -0.2) is 4.79 Å². The summed E-state index contributed by atoms with van der Waals surface area (Å²) in [5, 5.41) is 5.93. The van der Waals surface area contributed by atoms with Crippen LogP contribution in [0.4, 0.5) is 10.5 Å². The lowest BCUT2D eigenvalue weighted by Crippen LogP contribution is -2.39. The molecule has 2 N–H and O–H groups in total. The predicted molar refractivity (Wildman–Crippen MR) is 110 cm³/mol. The Morgan fingerprint density at radius 1 is 1.00 bits per heavy atom. The van der Waals surface area contributed by atoms with Crippen molar-refractivity contribution in [3.63, 3.8) is 0 Å². The molecule has 0 radical (unpaired) electrons. The second-order valence-corrected chi connectivity index (χ2v) is 6.68. The number of nitrogens with zero attached hydrogens (tertiary/aromatic N) is 1. The number of aryl methyl sites for hydroxylation is 1. The van der Waals surface area contributed by atoms with E-state index in [4.69, 9.17) is 0 Å². The molecule has 2 rings (SSSR count). The molecule has 0 aromatic heterocycles. The molecular formula is C22H29N3O2. The lowest BCUT2D eigenvalue weighted by atomic mass is 10.1. The summed E-state index contributed by atoms with van der Waals surface area (Å²) in [6.45, 7) is 6.93. The van der Waals surface area contributed by atoms with E-state index in [1.807, 2.05) is 75.4 Å². The van der Waals surface area contributed by atoms with E-state index in [1.165, 1.54) is 0 Å². The van der Waals surface area contributed by atoms with Crippen LogP contribution in [0.25, 0.3) is 0 Å². The molecule has 2 aromatic carbocycles. The number of hydrogen-bond acceptors (Lipinski definition) is 2. The van der Waals surface area contributed by atoms with Gasteiger partial charge in [0.2, 0.25) is 5.91 Å². The first-order valence-electron chi connectivity index (χ1n) is 9.47. The maximum absolute atomic E-state index is 12.6. The fourth-order valence-electron chi connectivity index (χ4n) is 2.87. The highest BCUT2D eigenvalue weighted by molar-refractivity contribution is 5.90. The van der Waals surface area contributed by atoms with Gasteiger partial charge in [-0.1, -0.05) is 55.5 Å². The molecule has 144 valence electrons. The summed E-state index contributed by atoms with van der Waals surface area (Å²) in [7, 11) is 0. The maximum atomic E-state index is 12.6. The first-order valence-corrected chi connectivity index (χ1v) is 9.47. The van der Waals surface area contributed by atoms with Crippen LogP contribution in [-0.4, -0.2) is 29.9 Å². The molecule has 3 amide bonds. The lowest BCUT2D eigenvalue weighted by molar-refractivity contribution is -0.121. The Balaban J connectivity index is 1.88. The summed E-state index contributed by atoms with van der Waals surface area (Å²) in [6, 6.07) is 17.3. The second kappa shape index (κ2) is 10.4. The van der Waals surface area contributed by atoms with Crippen molar-refractivity contribution < 1.29 is 9.59 Å². The highest BCUT2D eigenvalue weighted by Gasteiger charge is 2.16. The van der Waals surface area contributed by atoms with Gasteiger partial charge in [0.15, 0.2) is 0 Å². The summed E-state index contributed by atoms with van der Waals surface area (Å²) in [5.74, 6) is -0.0591. The predicted octanol–water partition coefficient (Wildman–Crippen LogP) is 4.51. The summed E-state index contributed by atoms with van der Waals surface area (Å²) in [4.78, 5) is 26.6. The number of urea groups is 1. The monoisotopic (exact) mass is 367 g/mol. The van der Waals surface area contributed by atoms with E-state index in [-0.39, 0.29) is 24.4 Å². The number of nitrogens with one attached hydrogen (secondary N) is 2. The van der Waals surface area contributed by atoms with Crippen LogP contribution in [0.5, 0.6) is 0 Å². The van der Waals surface area contributed by atoms with E-state index in [9.17, 15) is 9.59 Å². The molecule has 0 saturated heterocycles. The van der Waals surface area contributed by atoms with Gasteiger partial charge in [-0.3, -0.25) is 4.79 Å². The van der Waals surface area contributed by atoms with Crippen LogP contribution in [-0.2, 0) is 4.79 Å². The summed E-state index contributed by atoms with van der Waals surface area (Å²) in [5.41, 5.74) is 2.87. The number of benzene rings is 2. The Morgan fingerprint density at radius 3 is 2.33 bits per heavy atom. The molecule has 0 aliphatic carbocycles. The van der Waals surface area contributed by atoms with Gasteiger partial charge in [0.1, 0.15) is 0 Å². The van der Waals surface area contributed by atoms with Crippen molar-refractivity contribution in [2.24, 2.45) is 0 Å². The highest BCUT2D eigenvalue weighted by Crippen LogP contribution is 2.14. The lowest BCUT2D eigenvalue weighted by Gasteiger charge is -2.23. The third-order valence-electron chi connectivity index (χ3n) is 4.45. The van der Waals surface area contributed by atoms with Crippen LogP contribution in [0, 0.1) is 6.92 Å². The average molecular weight is 367 g/mol. The van der Waals surface area contributed by atoms with Crippen LogP contribution >= 0.6 is 0 Å². The highest BCUT2D eigenvalue weighted by atomic mass is 16.2. The first-order chi connectivity index (χ1) is 13.0. The molecule has 0 bridgehead atoms. The zero-order valence-corrected chi connectivity index (χ0v) is 16.4. The van der Waals surface area contributed by atoms with Crippen molar-refractivity contribution in [3.8, 4) is 0 Å². The Bertz CT molecular complexity index is 746. The van der Waals surface area contributed by atoms with Gasteiger partial charge in [-0.15, -0.1) is 0 Å². The Morgan fingerprint density at radius 2 is 1.67 bits per heavy atom. The topological polar surface area (TPSA) is 61.4 Å². The number of hydrogen-bond donors (Lipinski definition) is 2. The van der Waals surface area contributed by atoms with Crippen molar-refractivity contribution in [2.45, 2.75) is 39.7 Å². The largest absolute Gasteiger partial charge is 0.350 e. The number of anilines is 1. The summed E-state index contributed by atoms with van der Waals surface area (Å²) < 4.78 is 0. The van der Waals surface area contributed by atoms with E-state index < -0.39 is 0 Å². The van der Waals surface area contributed by atoms with Gasteiger partial charge in [0, 0.05) is 25.2 Å². The van der Waals surface area contributed by atoms with Crippen LogP contribution < -0.4 is 10.6 Å². The Hall–Kier alpha value is -2.82. The molecule has 0 aliphatic heterocycles. The SMILES string of the molecule is CCCN(CCC(=O)NC(C)c1ccccc1)C(=O)Nc1ccccc1C. The van der Waals surface area contributed by atoms with Gasteiger partial charge >= 0.3 is 6.03 Å². The van der Waals surface area contributed by atoms with Crippen molar-refractivity contribution in [2.75, 3.05) is 18.4 Å². The molecule has 0 heterocycles. The number of carbonyl (C=O) groups excluding carboxylic acids is 2. The second-order valence-electron chi connectivity index (χ2n) is 6.68. The van der Waals surface area contributed by atoms with Crippen LogP contribution in [0.3, 0.4) is 0 Å². The molecule has 2 aromatic rings. The molecule has 1 atom stereocenters. The summed E-state index contributed by atoms with van der Waals surface area (Å²) in [6.07, 6.45) is 1.11. The fourth-order valence-corrected chi connectivity index (χ4v) is 2.87. The van der Waals surface area contributed by atoms with Crippen LogP contribution in [0.2, 0.25) is 0 Å². The molecule has 0 aliphatic rings. The number of amides is 3. The molecule has 0 spiro atoms.